The van der Waals surface area contributed by atoms with Crippen LogP contribution < -0.4 is 5.69 Å². The predicted octanol–water partition coefficient (Wildman–Crippen LogP) is 4.21. The maximum atomic E-state index is 12.3. The van der Waals surface area contributed by atoms with Crippen molar-refractivity contribution in [3.05, 3.63) is 69.1 Å². The molecule has 0 atom stereocenters. The van der Waals surface area contributed by atoms with Gasteiger partial charge in [-0.2, -0.15) is 9.36 Å². The first-order valence-corrected chi connectivity index (χ1v) is 10.7. The highest BCUT2D eigenvalue weighted by molar-refractivity contribution is 8.38. The van der Waals surface area contributed by atoms with Gasteiger partial charge in [0.25, 0.3) is 0 Å². The lowest BCUT2D eigenvalue weighted by Gasteiger charge is -2.11. The van der Waals surface area contributed by atoms with Gasteiger partial charge < -0.3 is 0 Å². The quantitative estimate of drug-likeness (QED) is 0.468. The molecular weight excluding hydrogens is 402 g/mol. The highest BCUT2D eigenvalue weighted by atomic mass is 35.5. The summed E-state index contributed by atoms with van der Waals surface area (Å²) in [6.07, 6.45) is 1.99. The van der Waals surface area contributed by atoms with Crippen LogP contribution in [0.2, 0.25) is 5.02 Å². The van der Waals surface area contributed by atoms with Crippen molar-refractivity contribution in [2.24, 2.45) is 12.0 Å². The molecule has 6 nitrogen and oxygen atoms in total. The van der Waals surface area contributed by atoms with Crippen LogP contribution in [0.1, 0.15) is 11.1 Å². The maximum absolute atomic E-state index is 12.3. The molecule has 1 heterocycles. The van der Waals surface area contributed by atoms with Gasteiger partial charge in [0.05, 0.1) is 11.4 Å². The van der Waals surface area contributed by atoms with Crippen molar-refractivity contribution in [3.63, 3.8) is 0 Å². The molecule has 0 aliphatic carbocycles. The number of benzene rings is 2. The number of hydrogen-bond acceptors (Lipinski definition) is 6. The largest absolute Gasteiger partial charge is 0.368 e. The highest BCUT2D eigenvalue weighted by Gasteiger charge is 2.14. The zero-order valence-corrected chi connectivity index (χ0v) is 17.5. The van der Waals surface area contributed by atoms with Crippen molar-refractivity contribution in [2.75, 3.05) is 6.26 Å². The Hall–Kier alpha value is -2.03. The maximum Gasteiger partial charge on any atom is 0.368 e. The molecule has 3 rings (SSSR count). The molecule has 0 radical (unpaired) electrons. The molecule has 0 aliphatic rings. The average Bonchev–Trinajstić information content (AvgIpc) is 3.00. The van der Waals surface area contributed by atoms with Crippen molar-refractivity contribution in [2.45, 2.75) is 12.7 Å². The molecule has 27 heavy (non-hydrogen) atoms. The third-order valence-corrected chi connectivity index (χ3v) is 6.21. The molecule has 140 valence electrons. The van der Waals surface area contributed by atoms with E-state index in [9.17, 15) is 4.79 Å². The summed E-state index contributed by atoms with van der Waals surface area (Å²) in [7, 11) is 1.58. The third kappa shape index (κ3) is 4.63. The van der Waals surface area contributed by atoms with Crippen LogP contribution in [0.15, 0.2) is 52.3 Å². The van der Waals surface area contributed by atoms with E-state index in [-0.39, 0.29) is 5.69 Å². The number of rotatable bonds is 4. The second-order valence-electron chi connectivity index (χ2n) is 5.72. The summed E-state index contributed by atoms with van der Waals surface area (Å²) in [5, 5.41) is 8.47. The fraction of sp³-hybridized carbons (Fsp3) is 0.222. The van der Waals surface area contributed by atoms with Gasteiger partial charge in [0.2, 0.25) is 0 Å². The number of aryl methyl sites for hydroxylation is 2. The highest BCUT2D eigenvalue weighted by Crippen LogP contribution is 2.28. The predicted molar refractivity (Wildman–Crippen MR) is 115 cm³/mol. The summed E-state index contributed by atoms with van der Waals surface area (Å²) in [4.78, 5) is 16.9. The summed E-state index contributed by atoms with van der Waals surface area (Å²) in [6.45, 7) is 2.02. The molecule has 0 N–H and O–H groups in total. The Kier molecular flexibility index (Phi) is 6.41. The van der Waals surface area contributed by atoms with Gasteiger partial charge in [-0.05, 0) is 65.1 Å². The summed E-state index contributed by atoms with van der Waals surface area (Å²) in [5.41, 5.74) is 3.44. The molecule has 0 unspecified atom stereocenters. The first kappa shape index (κ1) is 19.7. The molecule has 0 saturated heterocycles. The zero-order chi connectivity index (χ0) is 19.4. The normalized spacial score (nSPS) is 11.8. The van der Waals surface area contributed by atoms with E-state index in [4.69, 9.17) is 11.6 Å². The fourth-order valence-electron chi connectivity index (χ4n) is 2.43. The molecule has 0 spiro atoms. The van der Waals surface area contributed by atoms with Gasteiger partial charge in [-0.15, -0.1) is 11.8 Å². The standard InChI is InChI=1S/C18H18ClN5OS2/c1-12-5-4-6-16(24-18(25)23(2)21-22-24)15(12)11-27-17(26-3)20-14-9-7-13(19)8-10-14/h4-10H,11H2,1-3H3. The van der Waals surface area contributed by atoms with E-state index in [1.165, 1.54) is 9.36 Å². The smallest absolute Gasteiger partial charge is 0.244 e. The third-order valence-electron chi connectivity index (χ3n) is 3.90. The van der Waals surface area contributed by atoms with Gasteiger partial charge >= 0.3 is 5.69 Å². The number of thioether (sulfide) groups is 2. The Labute approximate surface area is 170 Å². The minimum Gasteiger partial charge on any atom is -0.244 e. The van der Waals surface area contributed by atoms with Crippen LogP contribution in [0.25, 0.3) is 5.69 Å². The summed E-state index contributed by atoms with van der Waals surface area (Å²) < 4.78 is 3.48. The monoisotopic (exact) mass is 419 g/mol. The van der Waals surface area contributed by atoms with Crippen molar-refractivity contribution in [1.29, 1.82) is 0 Å². The van der Waals surface area contributed by atoms with Gasteiger partial charge in [-0.25, -0.2) is 9.79 Å². The number of aliphatic imine (C=N–C) groups is 1. The number of nitrogens with zero attached hydrogens (tertiary/aromatic N) is 5. The molecule has 0 amide bonds. The van der Waals surface area contributed by atoms with Crippen LogP contribution in [-0.4, -0.2) is 30.4 Å². The zero-order valence-electron chi connectivity index (χ0n) is 15.1. The van der Waals surface area contributed by atoms with Gasteiger partial charge in [-0.3, -0.25) is 0 Å². The van der Waals surface area contributed by atoms with Crippen LogP contribution in [0.5, 0.6) is 0 Å². The van der Waals surface area contributed by atoms with E-state index in [0.717, 1.165) is 26.9 Å². The van der Waals surface area contributed by atoms with E-state index < -0.39 is 0 Å². The van der Waals surface area contributed by atoms with Crippen LogP contribution >= 0.6 is 35.1 Å². The van der Waals surface area contributed by atoms with E-state index in [0.29, 0.717) is 10.8 Å². The minimum absolute atomic E-state index is 0.272. The molecular formula is C18H18ClN5OS2. The lowest BCUT2D eigenvalue weighted by atomic mass is 10.1. The second-order valence-corrected chi connectivity index (χ2v) is 8.17. The molecule has 3 aromatic rings. The molecule has 1 aromatic heterocycles. The van der Waals surface area contributed by atoms with Crippen LogP contribution in [-0.2, 0) is 12.8 Å². The average molecular weight is 420 g/mol. The van der Waals surface area contributed by atoms with Crippen LogP contribution in [0, 0.1) is 6.92 Å². The molecule has 0 saturated carbocycles. The van der Waals surface area contributed by atoms with Crippen molar-refractivity contribution in [1.82, 2.24) is 19.8 Å². The molecule has 0 fully saturated rings. The molecule has 0 bridgehead atoms. The Morgan fingerprint density at radius 1 is 1.19 bits per heavy atom. The van der Waals surface area contributed by atoms with Crippen molar-refractivity contribution in [3.8, 4) is 5.69 Å². The fourth-order valence-corrected chi connectivity index (χ4v) is 4.21. The van der Waals surface area contributed by atoms with Crippen LogP contribution in [0.4, 0.5) is 5.69 Å². The lowest BCUT2D eigenvalue weighted by molar-refractivity contribution is 0.692. The molecule has 9 heteroatoms. The van der Waals surface area contributed by atoms with Gasteiger partial charge in [0, 0.05) is 17.8 Å². The minimum atomic E-state index is -0.272. The Morgan fingerprint density at radius 3 is 2.56 bits per heavy atom. The summed E-state index contributed by atoms with van der Waals surface area (Å²) >= 11 is 9.13. The lowest BCUT2D eigenvalue weighted by Crippen LogP contribution is -2.23. The molecule has 2 aromatic carbocycles. The number of hydrogen-bond donors (Lipinski definition) is 0. The van der Waals surface area contributed by atoms with Crippen molar-refractivity contribution >= 4 is 45.2 Å². The topological polar surface area (TPSA) is 65.1 Å². The van der Waals surface area contributed by atoms with Gasteiger partial charge in [0.1, 0.15) is 4.38 Å². The molecule has 0 aliphatic heterocycles. The SMILES string of the molecule is CSC(=Nc1ccc(Cl)cc1)SCc1c(C)cccc1-n1nnn(C)c1=O. The van der Waals surface area contributed by atoms with E-state index in [1.54, 1.807) is 30.6 Å². The second kappa shape index (κ2) is 8.77. The first-order chi connectivity index (χ1) is 13.0. The van der Waals surface area contributed by atoms with Gasteiger partial charge in [0.15, 0.2) is 0 Å². The van der Waals surface area contributed by atoms with Gasteiger partial charge in [-0.1, -0.05) is 35.5 Å². The van der Waals surface area contributed by atoms with E-state index in [1.807, 2.05) is 55.6 Å². The van der Waals surface area contributed by atoms with E-state index in [2.05, 4.69) is 15.4 Å². The number of tetrazole rings is 1. The number of halogens is 1. The number of aromatic nitrogens is 4. The Morgan fingerprint density at radius 2 is 1.93 bits per heavy atom. The van der Waals surface area contributed by atoms with Crippen LogP contribution in [0.3, 0.4) is 0 Å². The van der Waals surface area contributed by atoms with Crippen molar-refractivity contribution < 1.29 is 0 Å². The summed E-state index contributed by atoms with van der Waals surface area (Å²) in [5.74, 6) is 0.665. The Bertz CT molecular complexity index is 1030. The summed E-state index contributed by atoms with van der Waals surface area (Å²) in [6, 6.07) is 13.2. The first-order valence-electron chi connectivity index (χ1n) is 8.08. The Balaban J connectivity index is 1.88. The van der Waals surface area contributed by atoms with E-state index >= 15 is 0 Å².